The highest BCUT2D eigenvalue weighted by Crippen LogP contribution is 2.58. The summed E-state index contributed by atoms with van der Waals surface area (Å²) in [6.07, 6.45) is 9.80. The van der Waals surface area contributed by atoms with E-state index in [4.69, 9.17) is 37.1 Å². The van der Waals surface area contributed by atoms with Gasteiger partial charge in [-0.25, -0.2) is 9.97 Å². The summed E-state index contributed by atoms with van der Waals surface area (Å²) in [7, 11) is -2.11. The molecule has 2 aromatic heterocycles. The van der Waals surface area contributed by atoms with Crippen LogP contribution in [0.3, 0.4) is 0 Å². The Bertz CT molecular complexity index is 1270. The molecule has 0 bridgehead atoms. The van der Waals surface area contributed by atoms with Gasteiger partial charge in [-0.05, 0) is 50.5 Å². The third kappa shape index (κ3) is 4.70. The van der Waals surface area contributed by atoms with Crippen LogP contribution in [0, 0.1) is 17.3 Å². The topological polar surface area (TPSA) is 78.6 Å². The molecule has 0 spiro atoms. The van der Waals surface area contributed by atoms with E-state index in [0.29, 0.717) is 16.8 Å². The van der Waals surface area contributed by atoms with Gasteiger partial charge in [0.15, 0.2) is 14.1 Å². The van der Waals surface area contributed by atoms with Crippen LogP contribution in [0.4, 0.5) is 0 Å². The molecule has 1 N–H and O–H groups in total. The number of aliphatic hydroxyl groups is 1. The van der Waals surface area contributed by atoms with Gasteiger partial charge in [-0.1, -0.05) is 56.1 Å². The monoisotopic (exact) mass is 579 g/mol. The van der Waals surface area contributed by atoms with E-state index in [-0.39, 0.29) is 41.7 Å². The predicted molar refractivity (Wildman–Crippen MR) is 153 cm³/mol. The second kappa shape index (κ2) is 9.68. The lowest BCUT2D eigenvalue weighted by Crippen LogP contribution is -2.51. The van der Waals surface area contributed by atoms with Gasteiger partial charge >= 0.3 is 0 Å². The fourth-order valence-electron chi connectivity index (χ4n) is 6.15. The number of fused-ring (bicyclic) bond motifs is 2. The molecule has 3 heterocycles. The Morgan fingerprint density at radius 2 is 1.89 bits per heavy atom. The number of hydrogen-bond acceptors (Lipinski definition) is 6. The van der Waals surface area contributed by atoms with Crippen LogP contribution in [-0.2, 0) is 13.9 Å². The van der Waals surface area contributed by atoms with Crippen LogP contribution in [0.25, 0.3) is 11.0 Å². The largest absolute Gasteiger partial charge is 0.416 e. The fourth-order valence-corrected chi connectivity index (χ4v) is 7.66. The minimum Gasteiger partial charge on any atom is -0.416 e. The van der Waals surface area contributed by atoms with E-state index >= 15 is 0 Å². The van der Waals surface area contributed by atoms with Crippen LogP contribution < -0.4 is 0 Å². The molecule has 0 aromatic carbocycles. The van der Waals surface area contributed by atoms with Gasteiger partial charge in [-0.2, -0.15) is 0 Å². The van der Waals surface area contributed by atoms with Crippen molar-refractivity contribution >= 4 is 42.6 Å². The molecule has 6 atom stereocenters. The number of halogens is 2. The molecule has 38 heavy (non-hydrogen) atoms. The number of aliphatic hydroxyl groups excluding tert-OH is 1. The summed E-state index contributed by atoms with van der Waals surface area (Å²) in [5.41, 5.74) is 0.192. The molecule has 2 aromatic rings. The molecule has 5 rings (SSSR count). The summed E-state index contributed by atoms with van der Waals surface area (Å²) >= 11 is 13.1. The average Bonchev–Trinajstić information content (AvgIpc) is 3.48. The SMILES string of the molecule is CC1(C)O[C@@H]2[C@H](O1)[C@@H](C1(CO[Si](C)(C)C(C)(C)C)C=C(Cl)C=CC1CO)C[C@H]2n1ccc2c(Cl)ncnc21. The number of aromatic nitrogens is 3. The Kier molecular flexibility index (Phi) is 7.20. The second-order valence-electron chi connectivity index (χ2n) is 12.9. The Hall–Kier alpha value is -1.26. The first kappa shape index (κ1) is 28.3. The van der Waals surface area contributed by atoms with Crippen molar-refractivity contribution in [3.05, 3.63) is 47.0 Å². The standard InChI is InChI=1S/C28H39Cl2N3O4Si/c1-26(2,3)38(6,7)35-15-28(13-18(29)9-8-17(28)14-34)20-12-21(23-22(20)36-27(4,5)37-23)33-11-10-19-24(30)31-16-32-25(19)33/h8-11,13,16-17,20-23,34H,12,14-15H2,1-7H3/t17?,20-,21+,22+,23-,28?/m0/s1. The van der Waals surface area contributed by atoms with Crippen molar-refractivity contribution in [2.75, 3.05) is 13.2 Å². The average molecular weight is 581 g/mol. The van der Waals surface area contributed by atoms with Crippen molar-refractivity contribution in [2.45, 2.75) is 83.2 Å². The molecule has 0 radical (unpaired) electrons. The molecule has 0 amide bonds. The number of nitrogens with zero attached hydrogens (tertiary/aromatic N) is 3. The van der Waals surface area contributed by atoms with E-state index in [1.54, 1.807) is 0 Å². The molecule has 208 valence electrons. The van der Waals surface area contributed by atoms with Crippen LogP contribution in [0.1, 0.15) is 47.1 Å². The Morgan fingerprint density at radius 3 is 2.58 bits per heavy atom. The van der Waals surface area contributed by atoms with Gasteiger partial charge < -0.3 is 23.6 Å². The highest BCUT2D eigenvalue weighted by molar-refractivity contribution is 6.74. The summed E-state index contributed by atoms with van der Waals surface area (Å²) in [5.74, 6) is -0.963. The van der Waals surface area contributed by atoms with E-state index < -0.39 is 19.5 Å². The maximum Gasteiger partial charge on any atom is 0.192 e. The zero-order chi connectivity index (χ0) is 27.7. The highest BCUT2D eigenvalue weighted by Gasteiger charge is 2.62. The zero-order valence-electron chi connectivity index (χ0n) is 23.2. The molecule has 2 unspecified atom stereocenters. The van der Waals surface area contributed by atoms with Gasteiger partial charge in [0, 0.05) is 35.1 Å². The minimum absolute atomic E-state index is 0.0177. The van der Waals surface area contributed by atoms with E-state index in [9.17, 15) is 5.11 Å². The first-order valence-electron chi connectivity index (χ1n) is 13.3. The third-order valence-corrected chi connectivity index (χ3v) is 14.2. The Morgan fingerprint density at radius 1 is 1.18 bits per heavy atom. The molecule has 7 nitrogen and oxygen atoms in total. The van der Waals surface area contributed by atoms with Crippen molar-refractivity contribution in [1.82, 2.24) is 14.5 Å². The first-order valence-corrected chi connectivity index (χ1v) is 17.0. The lowest BCUT2D eigenvalue weighted by Gasteiger charge is -2.47. The minimum atomic E-state index is -2.11. The maximum atomic E-state index is 10.7. The Balaban J connectivity index is 1.60. The van der Waals surface area contributed by atoms with Crippen molar-refractivity contribution in [3.63, 3.8) is 0 Å². The maximum absolute atomic E-state index is 10.7. The molecule has 1 aliphatic heterocycles. The predicted octanol–water partition coefficient (Wildman–Crippen LogP) is 6.48. The van der Waals surface area contributed by atoms with Gasteiger partial charge in [0.05, 0.1) is 24.1 Å². The van der Waals surface area contributed by atoms with E-state index in [2.05, 4.69) is 54.5 Å². The van der Waals surface area contributed by atoms with Crippen LogP contribution >= 0.6 is 23.2 Å². The number of allylic oxidation sites excluding steroid dienone is 2. The summed E-state index contributed by atoms with van der Waals surface area (Å²) in [6.45, 7) is 15.6. The van der Waals surface area contributed by atoms with Crippen molar-refractivity contribution < 1.29 is 19.0 Å². The Labute approximate surface area is 236 Å². The molecular weight excluding hydrogens is 541 g/mol. The molecule has 2 aliphatic carbocycles. The third-order valence-electron chi connectivity index (χ3n) is 9.21. The van der Waals surface area contributed by atoms with Crippen molar-refractivity contribution in [2.24, 2.45) is 17.3 Å². The van der Waals surface area contributed by atoms with E-state index in [1.807, 2.05) is 38.3 Å². The zero-order valence-corrected chi connectivity index (χ0v) is 25.8. The molecular formula is C28H39Cl2N3O4Si. The van der Waals surface area contributed by atoms with Gasteiger partial charge in [-0.15, -0.1) is 0 Å². The number of ether oxygens (including phenoxy) is 2. The highest BCUT2D eigenvalue weighted by atomic mass is 35.5. The van der Waals surface area contributed by atoms with Crippen LogP contribution in [0.2, 0.25) is 23.3 Å². The van der Waals surface area contributed by atoms with Crippen LogP contribution in [0.5, 0.6) is 0 Å². The summed E-state index contributed by atoms with van der Waals surface area (Å²) < 4.78 is 22.2. The molecule has 1 saturated heterocycles. The van der Waals surface area contributed by atoms with Gasteiger partial charge in [0.1, 0.15) is 23.2 Å². The van der Waals surface area contributed by atoms with Crippen LogP contribution in [0.15, 0.2) is 41.9 Å². The summed E-state index contributed by atoms with van der Waals surface area (Å²) in [4.78, 5) is 8.71. The smallest absolute Gasteiger partial charge is 0.192 e. The van der Waals surface area contributed by atoms with Crippen molar-refractivity contribution in [1.29, 1.82) is 0 Å². The van der Waals surface area contributed by atoms with Gasteiger partial charge in [0.25, 0.3) is 0 Å². The quantitative estimate of drug-likeness (QED) is 0.312. The fraction of sp³-hybridized carbons (Fsp3) is 0.643. The number of hydrogen-bond donors (Lipinski definition) is 1. The van der Waals surface area contributed by atoms with Gasteiger partial charge in [-0.3, -0.25) is 0 Å². The van der Waals surface area contributed by atoms with E-state index in [0.717, 1.165) is 17.5 Å². The lowest BCUT2D eigenvalue weighted by atomic mass is 9.63. The van der Waals surface area contributed by atoms with Crippen LogP contribution in [-0.4, -0.2) is 59.2 Å². The lowest BCUT2D eigenvalue weighted by molar-refractivity contribution is -0.167. The molecule has 10 heteroatoms. The first-order chi connectivity index (χ1) is 17.7. The number of rotatable bonds is 6. The second-order valence-corrected chi connectivity index (χ2v) is 18.5. The molecule has 1 saturated carbocycles. The molecule has 3 aliphatic rings. The summed E-state index contributed by atoms with van der Waals surface area (Å²) in [5, 5.41) is 12.6. The van der Waals surface area contributed by atoms with E-state index in [1.165, 1.54) is 6.33 Å². The van der Waals surface area contributed by atoms with Crippen molar-refractivity contribution in [3.8, 4) is 0 Å². The normalized spacial score (nSPS) is 33.1. The molecule has 2 fully saturated rings. The van der Waals surface area contributed by atoms with Gasteiger partial charge in [0.2, 0.25) is 0 Å². The summed E-state index contributed by atoms with van der Waals surface area (Å²) in [6, 6.07) is 1.89.